The van der Waals surface area contributed by atoms with Gasteiger partial charge in [-0.2, -0.15) is 0 Å². The predicted octanol–water partition coefficient (Wildman–Crippen LogP) is 2.21. The highest BCUT2D eigenvalue weighted by atomic mass is 19.1. The highest BCUT2D eigenvalue weighted by Crippen LogP contribution is 2.36. The van der Waals surface area contributed by atoms with Crippen LogP contribution >= 0.6 is 0 Å². The number of rotatable bonds is 3. The van der Waals surface area contributed by atoms with E-state index in [9.17, 15) is 14.0 Å². The normalized spacial score (nSPS) is 19.7. The van der Waals surface area contributed by atoms with Crippen molar-refractivity contribution in [3.05, 3.63) is 77.0 Å². The Bertz CT molecular complexity index is 913. The zero-order chi connectivity index (χ0) is 18.3. The molecule has 4 rings (SSSR count). The number of pyridine rings is 1. The molecule has 7 heteroatoms. The molecule has 1 aromatic carbocycles. The third-order valence-electron chi connectivity index (χ3n) is 4.71. The van der Waals surface area contributed by atoms with Gasteiger partial charge in [0.05, 0.1) is 23.9 Å². The molecule has 6 nitrogen and oxygen atoms in total. The van der Waals surface area contributed by atoms with E-state index in [-0.39, 0.29) is 11.9 Å². The van der Waals surface area contributed by atoms with Crippen LogP contribution in [0.2, 0.25) is 0 Å². The lowest BCUT2D eigenvalue weighted by atomic mass is 9.95. The maximum atomic E-state index is 13.7. The van der Waals surface area contributed by atoms with Gasteiger partial charge in [0, 0.05) is 26.0 Å². The van der Waals surface area contributed by atoms with E-state index in [1.807, 2.05) is 12.1 Å². The average molecular weight is 352 g/mol. The van der Waals surface area contributed by atoms with Crippen molar-refractivity contribution in [3.63, 3.8) is 0 Å². The second-order valence-corrected chi connectivity index (χ2v) is 6.38. The second-order valence-electron chi connectivity index (χ2n) is 6.38. The van der Waals surface area contributed by atoms with Crippen LogP contribution in [0.1, 0.15) is 17.2 Å². The molecule has 26 heavy (non-hydrogen) atoms. The van der Waals surface area contributed by atoms with E-state index in [4.69, 9.17) is 0 Å². The number of carbonyl (C=O) groups is 2. The minimum absolute atomic E-state index is 0.162. The van der Waals surface area contributed by atoms with Crippen molar-refractivity contribution >= 4 is 11.9 Å². The first-order valence-corrected chi connectivity index (χ1v) is 8.25. The first-order chi connectivity index (χ1) is 12.5. The van der Waals surface area contributed by atoms with Gasteiger partial charge in [0.1, 0.15) is 5.82 Å². The van der Waals surface area contributed by atoms with Gasteiger partial charge in [-0.15, -0.1) is 0 Å². The topological polar surface area (TPSA) is 65.5 Å². The minimum Gasteiger partial charge on any atom is -0.329 e. The van der Waals surface area contributed by atoms with E-state index in [1.54, 1.807) is 36.5 Å². The summed E-state index contributed by atoms with van der Waals surface area (Å²) < 4.78 is 13.7. The Hall–Kier alpha value is -3.22. The fraction of sp³-hybridized carbons (Fsp3) is 0.211. The van der Waals surface area contributed by atoms with E-state index in [0.717, 1.165) is 5.56 Å². The van der Waals surface area contributed by atoms with E-state index in [1.165, 1.54) is 17.0 Å². The van der Waals surface area contributed by atoms with Gasteiger partial charge in [0.15, 0.2) is 0 Å². The number of nitrogens with one attached hydrogen (secondary N) is 1. The molecule has 2 aromatic rings. The quantitative estimate of drug-likeness (QED) is 0.921. The maximum absolute atomic E-state index is 13.7. The molecule has 3 amide bonds. The van der Waals surface area contributed by atoms with Crippen molar-refractivity contribution in [3.8, 4) is 0 Å². The predicted molar refractivity (Wildman–Crippen MR) is 92.1 cm³/mol. The summed E-state index contributed by atoms with van der Waals surface area (Å²) in [6, 6.07) is 8.71. The molecule has 0 aliphatic carbocycles. The fourth-order valence-electron chi connectivity index (χ4n) is 3.40. The van der Waals surface area contributed by atoms with Crippen molar-refractivity contribution in [2.75, 3.05) is 13.6 Å². The maximum Gasteiger partial charge on any atom is 0.322 e. The second kappa shape index (κ2) is 6.25. The van der Waals surface area contributed by atoms with E-state index >= 15 is 0 Å². The molecule has 0 fully saturated rings. The first kappa shape index (κ1) is 16.3. The van der Waals surface area contributed by atoms with Crippen molar-refractivity contribution in [1.29, 1.82) is 0 Å². The van der Waals surface area contributed by atoms with Crippen LogP contribution in [0, 0.1) is 5.82 Å². The molecular formula is C19H17FN4O2. The lowest BCUT2D eigenvalue weighted by molar-refractivity contribution is -0.126. The van der Waals surface area contributed by atoms with Gasteiger partial charge in [0.25, 0.3) is 5.91 Å². The smallest absolute Gasteiger partial charge is 0.322 e. The first-order valence-electron chi connectivity index (χ1n) is 8.25. The number of carbonyl (C=O) groups excluding carboxylic acids is 2. The summed E-state index contributed by atoms with van der Waals surface area (Å²) in [4.78, 5) is 32.6. The van der Waals surface area contributed by atoms with E-state index in [2.05, 4.69) is 10.3 Å². The number of aromatic nitrogens is 1. The van der Waals surface area contributed by atoms with Crippen LogP contribution < -0.4 is 5.32 Å². The Balaban J connectivity index is 1.69. The Morgan fingerprint density at radius 2 is 2.12 bits per heavy atom. The number of benzene rings is 1. The molecule has 0 bridgehead atoms. The number of nitrogens with zero attached hydrogens (tertiary/aromatic N) is 3. The Kier molecular flexibility index (Phi) is 3.91. The molecule has 2 aliphatic rings. The summed E-state index contributed by atoms with van der Waals surface area (Å²) >= 11 is 0. The summed E-state index contributed by atoms with van der Waals surface area (Å²) in [5.41, 5.74) is 2.60. The SMILES string of the molecule is CN1C(=O)N[C@H](c2cccc(F)c2)C2=C1CN(Cc1cccnc1)C2=O. The summed E-state index contributed by atoms with van der Waals surface area (Å²) in [6.07, 6.45) is 3.39. The number of halogens is 1. The molecule has 1 aromatic heterocycles. The zero-order valence-corrected chi connectivity index (χ0v) is 14.1. The average Bonchev–Trinajstić information content (AvgIpc) is 2.96. The van der Waals surface area contributed by atoms with Gasteiger partial charge in [-0.3, -0.25) is 14.7 Å². The van der Waals surface area contributed by atoms with Crippen molar-refractivity contribution in [1.82, 2.24) is 20.1 Å². The molecule has 0 saturated heterocycles. The van der Waals surface area contributed by atoms with Crippen molar-refractivity contribution in [2.45, 2.75) is 12.6 Å². The van der Waals surface area contributed by atoms with Crippen LogP contribution in [0.3, 0.4) is 0 Å². The monoisotopic (exact) mass is 352 g/mol. The van der Waals surface area contributed by atoms with Crippen LogP contribution in [-0.2, 0) is 11.3 Å². The van der Waals surface area contributed by atoms with E-state index in [0.29, 0.717) is 29.9 Å². The molecule has 1 N–H and O–H groups in total. The van der Waals surface area contributed by atoms with Crippen molar-refractivity contribution < 1.29 is 14.0 Å². The van der Waals surface area contributed by atoms with Crippen molar-refractivity contribution in [2.24, 2.45) is 0 Å². The molecule has 0 spiro atoms. The van der Waals surface area contributed by atoms with Gasteiger partial charge in [0.2, 0.25) is 0 Å². The summed E-state index contributed by atoms with van der Waals surface area (Å²) in [7, 11) is 1.63. The number of hydrogen-bond donors (Lipinski definition) is 1. The Morgan fingerprint density at radius 1 is 1.27 bits per heavy atom. The summed E-state index contributed by atoms with van der Waals surface area (Å²) in [5.74, 6) is -0.569. The Morgan fingerprint density at radius 3 is 2.85 bits per heavy atom. The van der Waals surface area contributed by atoms with Gasteiger partial charge in [-0.05, 0) is 29.3 Å². The number of likely N-dealkylation sites (N-methyl/N-ethyl adjacent to an activating group) is 1. The summed E-state index contributed by atoms with van der Waals surface area (Å²) in [5, 5.41) is 2.80. The molecule has 2 aliphatic heterocycles. The van der Waals surface area contributed by atoms with Gasteiger partial charge < -0.3 is 10.2 Å². The van der Waals surface area contributed by atoms with Crippen LogP contribution in [0.25, 0.3) is 0 Å². The molecular weight excluding hydrogens is 335 g/mol. The third kappa shape index (κ3) is 2.71. The standard InChI is InChI=1S/C19H17FN4O2/c1-23-15-11-24(10-12-4-3-7-21-9-12)18(25)16(15)17(22-19(23)26)13-5-2-6-14(20)8-13/h2-9,17H,10-11H2,1H3,(H,22,26)/t17-/m1/s1. The number of hydrogen-bond acceptors (Lipinski definition) is 3. The molecule has 1 atom stereocenters. The van der Waals surface area contributed by atoms with Crippen LogP contribution in [-0.4, -0.2) is 40.3 Å². The highest BCUT2D eigenvalue weighted by Gasteiger charge is 2.42. The summed E-state index contributed by atoms with van der Waals surface area (Å²) in [6.45, 7) is 0.733. The lowest BCUT2D eigenvalue weighted by Gasteiger charge is -2.31. The molecule has 3 heterocycles. The number of urea groups is 1. The minimum atomic E-state index is -0.657. The van der Waals surface area contributed by atoms with Crippen LogP contribution in [0.5, 0.6) is 0 Å². The van der Waals surface area contributed by atoms with Crippen LogP contribution in [0.4, 0.5) is 9.18 Å². The zero-order valence-electron chi connectivity index (χ0n) is 14.1. The Labute approximate surface area is 149 Å². The molecule has 0 saturated carbocycles. The molecule has 0 unspecified atom stereocenters. The highest BCUT2D eigenvalue weighted by molar-refractivity contribution is 6.01. The largest absolute Gasteiger partial charge is 0.329 e. The van der Waals surface area contributed by atoms with Gasteiger partial charge >= 0.3 is 6.03 Å². The number of amides is 3. The third-order valence-corrected chi connectivity index (χ3v) is 4.71. The van der Waals surface area contributed by atoms with Gasteiger partial charge in [-0.1, -0.05) is 18.2 Å². The molecule has 132 valence electrons. The molecule has 0 radical (unpaired) electrons. The fourth-order valence-corrected chi connectivity index (χ4v) is 3.40. The van der Waals surface area contributed by atoms with Gasteiger partial charge in [-0.25, -0.2) is 9.18 Å². The van der Waals surface area contributed by atoms with Crippen LogP contribution in [0.15, 0.2) is 60.1 Å². The lowest BCUT2D eigenvalue weighted by Crippen LogP contribution is -2.45. The van der Waals surface area contributed by atoms with E-state index < -0.39 is 11.9 Å².